The summed E-state index contributed by atoms with van der Waals surface area (Å²) in [7, 11) is -1.84. The fourth-order valence-corrected chi connectivity index (χ4v) is 2.86. The van der Waals surface area contributed by atoms with Crippen molar-refractivity contribution in [1.82, 2.24) is 9.78 Å². The van der Waals surface area contributed by atoms with Crippen molar-refractivity contribution < 1.29 is 8.42 Å². The number of nitrogens with two attached hydrogens (primary N) is 1. The van der Waals surface area contributed by atoms with E-state index in [4.69, 9.17) is 5.73 Å². The van der Waals surface area contributed by atoms with Crippen LogP contribution in [0.25, 0.3) is 0 Å². The number of anilines is 1. The fourth-order valence-electron chi connectivity index (χ4n) is 1.83. The van der Waals surface area contributed by atoms with Gasteiger partial charge in [0, 0.05) is 13.2 Å². The molecule has 0 bridgehead atoms. The second kappa shape index (κ2) is 6.06. The van der Waals surface area contributed by atoms with Gasteiger partial charge in [-0.2, -0.15) is 5.10 Å². The Morgan fingerprint density at radius 2 is 2.00 bits per heavy atom. The van der Waals surface area contributed by atoms with E-state index in [1.165, 1.54) is 10.9 Å². The van der Waals surface area contributed by atoms with Crippen molar-refractivity contribution in [3.63, 3.8) is 0 Å². The summed E-state index contributed by atoms with van der Waals surface area (Å²) in [6.45, 7) is 0.628. The lowest BCUT2D eigenvalue weighted by atomic mass is 10.1. The Balaban J connectivity index is 2.13. The normalized spacial score (nSPS) is 11.5. The molecule has 0 saturated carbocycles. The van der Waals surface area contributed by atoms with E-state index in [0.717, 1.165) is 18.4 Å². The minimum atomic E-state index is -3.57. The predicted octanol–water partition coefficient (Wildman–Crippen LogP) is 1.11. The third-order valence-corrected chi connectivity index (χ3v) is 4.26. The largest absolute Gasteiger partial charge is 0.330 e. The number of nitrogens with one attached hydrogen (secondary N) is 1. The number of benzene rings is 1. The SMILES string of the molecule is Cn1cc(NS(=O)(=O)c2ccc(CCCN)cc2)cn1. The van der Waals surface area contributed by atoms with Crippen LogP contribution in [-0.2, 0) is 23.5 Å². The maximum absolute atomic E-state index is 12.2. The maximum Gasteiger partial charge on any atom is 0.261 e. The molecular formula is C13H18N4O2S. The lowest BCUT2D eigenvalue weighted by Gasteiger charge is -2.07. The smallest absolute Gasteiger partial charge is 0.261 e. The lowest BCUT2D eigenvalue weighted by Crippen LogP contribution is -2.12. The number of sulfonamides is 1. The summed E-state index contributed by atoms with van der Waals surface area (Å²) in [5.74, 6) is 0. The average molecular weight is 294 g/mol. The predicted molar refractivity (Wildman–Crippen MR) is 77.8 cm³/mol. The van der Waals surface area contributed by atoms with Gasteiger partial charge in [0.1, 0.15) is 0 Å². The van der Waals surface area contributed by atoms with Crippen LogP contribution in [0.4, 0.5) is 5.69 Å². The highest BCUT2D eigenvalue weighted by Gasteiger charge is 2.14. The van der Waals surface area contributed by atoms with Crippen molar-refractivity contribution in [2.24, 2.45) is 12.8 Å². The molecule has 2 rings (SSSR count). The standard InChI is InChI=1S/C13H18N4O2S/c1-17-10-12(9-15-17)16-20(18,19)13-6-4-11(5-7-13)3-2-8-14/h4-7,9-10,16H,2-3,8,14H2,1H3. The van der Waals surface area contributed by atoms with Gasteiger partial charge in [-0.25, -0.2) is 8.42 Å². The Labute approximate surface area is 118 Å². The summed E-state index contributed by atoms with van der Waals surface area (Å²) >= 11 is 0. The number of aryl methyl sites for hydroxylation is 2. The summed E-state index contributed by atoms with van der Waals surface area (Å²) < 4.78 is 28.4. The minimum Gasteiger partial charge on any atom is -0.330 e. The topological polar surface area (TPSA) is 90.0 Å². The highest BCUT2D eigenvalue weighted by Crippen LogP contribution is 2.16. The molecule has 0 spiro atoms. The molecule has 0 aliphatic heterocycles. The van der Waals surface area contributed by atoms with E-state index in [-0.39, 0.29) is 4.90 Å². The van der Waals surface area contributed by atoms with Crippen LogP contribution in [0, 0.1) is 0 Å². The van der Waals surface area contributed by atoms with Gasteiger partial charge in [-0.05, 0) is 37.1 Å². The first-order valence-corrected chi connectivity index (χ1v) is 7.80. The van der Waals surface area contributed by atoms with Gasteiger partial charge >= 0.3 is 0 Å². The van der Waals surface area contributed by atoms with Gasteiger partial charge < -0.3 is 5.73 Å². The van der Waals surface area contributed by atoms with Crippen LogP contribution in [0.1, 0.15) is 12.0 Å². The Morgan fingerprint density at radius 3 is 2.55 bits per heavy atom. The molecule has 2 aromatic rings. The summed E-state index contributed by atoms with van der Waals surface area (Å²) in [6.07, 6.45) is 4.81. The second-order valence-corrected chi connectivity index (χ2v) is 6.23. The molecule has 6 nitrogen and oxygen atoms in total. The minimum absolute atomic E-state index is 0.234. The zero-order valence-electron chi connectivity index (χ0n) is 11.3. The Bertz CT molecular complexity index is 662. The molecular weight excluding hydrogens is 276 g/mol. The molecule has 3 N–H and O–H groups in total. The number of rotatable bonds is 6. The van der Waals surface area contributed by atoms with Gasteiger partial charge in [0.05, 0.1) is 16.8 Å². The van der Waals surface area contributed by atoms with E-state index < -0.39 is 10.0 Å². The van der Waals surface area contributed by atoms with Crippen molar-refractivity contribution in [2.45, 2.75) is 17.7 Å². The molecule has 0 unspecified atom stereocenters. The monoisotopic (exact) mass is 294 g/mol. The van der Waals surface area contributed by atoms with Gasteiger partial charge in [-0.1, -0.05) is 12.1 Å². The Morgan fingerprint density at radius 1 is 1.30 bits per heavy atom. The van der Waals surface area contributed by atoms with Crippen LogP contribution in [0.3, 0.4) is 0 Å². The first-order chi connectivity index (χ1) is 9.51. The van der Waals surface area contributed by atoms with Crippen molar-refractivity contribution in [2.75, 3.05) is 11.3 Å². The molecule has 0 aliphatic rings. The molecule has 0 atom stereocenters. The maximum atomic E-state index is 12.2. The third-order valence-electron chi connectivity index (χ3n) is 2.86. The van der Waals surface area contributed by atoms with Crippen LogP contribution in [0.2, 0.25) is 0 Å². The Kier molecular flexibility index (Phi) is 4.41. The first-order valence-electron chi connectivity index (χ1n) is 6.32. The molecule has 0 aliphatic carbocycles. The number of aromatic nitrogens is 2. The summed E-state index contributed by atoms with van der Waals surface area (Å²) in [4.78, 5) is 0.234. The van der Waals surface area contributed by atoms with Crippen LogP contribution in [0.5, 0.6) is 0 Å². The zero-order chi connectivity index (χ0) is 14.6. The zero-order valence-corrected chi connectivity index (χ0v) is 12.1. The highest BCUT2D eigenvalue weighted by atomic mass is 32.2. The van der Waals surface area contributed by atoms with Gasteiger partial charge in [0.2, 0.25) is 0 Å². The molecule has 1 aromatic heterocycles. The molecule has 1 aromatic carbocycles. The van der Waals surface area contributed by atoms with Gasteiger partial charge in [-0.3, -0.25) is 9.40 Å². The van der Waals surface area contributed by atoms with E-state index in [9.17, 15) is 8.42 Å². The van der Waals surface area contributed by atoms with E-state index in [0.29, 0.717) is 12.2 Å². The molecule has 1 heterocycles. The van der Waals surface area contributed by atoms with Gasteiger partial charge in [-0.15, -0.1) is 0 Å². The van der Waals surface area contributed by atoms with Crippen molar-refractivity contribution in [3.05, 3.63) is 42.2 Å². The van der Waals surface area contributed by atoms with Crippen molar-refractivity contribution in [1.29, 1.82) is 0 Å². The van der Waals surface area contributed by atoms with Gasteiger partial charge in [0.15, 0.2) is 0 Å². The van der Waals surface area contributed by atoms with E-state index in [2.05, 4.69) is 9.82 Å². The van der Waals surface area contributed by atoms with Gasteiger partial charge in [0.25, 0.3) is 10.0 Å². The first kappa shape index (κ1) is 14.5. The van der Waals surface area contributed by atoms with Crippen LogP contribution >= 0.6 is 0 Å². The fraction of sp³-hybridized carbons (Fsp3) is 0.308. The molecule has 20 heavy (non-hydrogen) atoms. The van der Waals surface area contributed by atoms with Crippen molar-refractivity contribution in [3.8, 4) is 0 Å². The molecule has 7 heteroatoms. The summed E-state index contributed by atoms with van der Waals surface area (Å²) in [6, 6.07) is 6.83. The molecule has 0 radical (unpaired) electrons. The number of hydrogen-bond acceptors (Lipinski definition) is 4. The van der Waals surface area contributed by atoms with E-state index in [1.54, 1.807) is 25.4 Å². The second-order valence-electron chi connectivity index (χ2n) is 4.54. The summed E-state index contributed by atoms with van der Waals surface area (Å²) in [5.41, 5.74) is 6.97. The van der Waals surface area contributed by atoms with Crippen LogP contribution in [0.15, 0.2) is 41.6 Å². The molecule has 0 fully saturated rings. The van der Waals surface area contributed by atoms with Crippen molar-refractivity contribution >= 4 is 15.7 Å². The molecule has 0 saturated heterocycles. The van der Waals surface area contributed by atoms with E-state index in [1.807, 2.05) is 12.1 Å². The number of hydrogen-bond donors (Lipinski definition) is 2. The lowest BCUT2D eigenvalue weighted by molar-refractivity contribution is 0.601. The summed E-state index contributed by atoms with van der Waals surface area (Å²) in [5, 5.41) is 3.92. The van der Waals surface area contributed by atoms with Crippen LogP contribution in [-0.4, -0.2) is 24.7 Å². The third kappa shape index (κ3) is 3.58. The Hall–Kier alpha value is -1.86. The molecule has 0 amide bonds. The van der Waals surface area contributed by atoms with E-state index >= 15 is 0 Å². The average Bonchev–Trinajstić information content (AvgIpc) is 2.81. The number of nitrogens with zero attached hydrogens (tertiary/aromatic N) is 2. The molecule has 108 valence electrons. The highest BCUT2D eigenvalue weighted by molar-refractivity contribution is 7.92. The van der Waals surface area contributed by atoms with Crippen LogP contribution < -0.4 is 10.5 Å². The quantitative estimate of drug-likeness (QED) is 0.835.